The first-order chi connectivity index (χ1) is 17.3. The van der Waals surface area contributed by atoms with Gasteiger partial charge in [-0.1, -0.05) is 83.5 Å². The highest BCUT2D eigenvalue weighted by molar-refractivity contribution is 8.16. The van der Waals surface area contributed by atoms with Gasteiger partial charge >= 0.3 is 0 Å². The number of thioether (sulfide) groups is 1. The Balaban J connectivity index is 1.33. The largest absolute Gasteiger partial charge is 0.366 e. The summed E-state index contributed by atoms with van der Waals surface area (Å²) in [5.74, 6) is 0.775. The van der Waals surface area contributed by atoms with Crippen LogP contribution in [0.3, 0.4) is 0 Å². The van der Waals surface area contributed by atoms with Crippen LogP contribution >= 0.6 is 35.0 Å². The number of nitrogens with zero attached hydrogens (tertiary/aromatic N) is 3. The van der Waals surface area contributed by atoms with Crippen LogP contribution < -0.4 is 15.5 Å². The Morgan fingerprint density at radius 2 is 1.86 bits per heavy atom. The molecule has 0 radical (unpaired) electrons. The van der Waals surface area contributed by atoms with Crippen molar-refractivity contribution in [2.75, 3.05) is 5.32 Å². The predicted molar refractivity (Wildman–Crippen MR) is 151 cm³/mol. The summed E-state index contributed by atoms with van der Waals surface area (Å²) in [7, 11) is -1.52. The van der Waals surface area contributed by atoms with E-state index in [0.717, 1.165) is 51.1 Å². The van der Waals surface area contributed by atoms with Gasteiger partial charge in [-0.2, -0.15) is 9.61 Å². The van der Waals surface area contributed by atoms with Crippen molar-refractivity contribution >= 4 is 69.8 Å². The molecule has 0 fully saturated rings. The van der Waals surface area contributed by atoms with E-state index in [9.17, 15) is 8.42 Å². The lowest BCUT2D eigenvalue weighted by atomic mass is 10.0. The van der Waals surface area contributed by atoms with Crippen LogP contribution in [-0.4, -0.2) is 35.4 Å². The molecule has 12 heteroatoms. The van der Waals surface area contributed by atoms with Gasteiger partial charge in [0.05, 0.1) is 10.1 Å². The number of nitrogens with one attached hydrogen (secondary N) is 2. The summed E-state index contributed by atoms with van der Waals surface area (Å²) in [6, 6.07) is 17.3. The normalized spacial score (nSPS) is 15.8. The van der Waals surface area contributed by atoms with Crippen molar-refractivity contribution in [2.45, 2.75) is 24.1 Å². The Kier molecular flexibility index (Phi) is 7.32. The van der Waals surface area contributed by atoms with Crippen molar-refractivity contribution < 1.29 is 8.42 Å². The topological polar surface area (TPSA) is 88.4 Å². The second-order valence-corrected chi connectivity index (χ2v) is 12.9. The maximum atomic E-state index is 12.6. The van der Waals surface area contributed by atoms with E-state index in [1.165, 1.54) is 0 Å². The second-order valence-electron chi connectivity index (χ2n) is 8.40. The molecule has 1 aliphatic heterocycles. The highest BCUT2D eigenvalue weighted by atomic mass is 35.5. The van der Waals surface area contributed by atoms with Crippen LogP contribution in [0.4, 0.5) is 5.82 Å². The summed E-state index contributed by atoms with van der Waals surface area (Å²) in [4.78, 5) is 4.78. The van der Waals surface area contributed by atoms with Crippen molar-refractivity contribution in [3.63, 3.8) is 0 Å². The van der Waals surface area contributed by atoms with Crippen LogP contribution in [0.15, 0.2) is 71.2 Å². The maximum absolute atomic E-state index is 12.6. The minimum Gasteiger partial charge on any atom is -0.366 e. The number of allylic oxidation sites excluding steroid dienone is 1. The standard InChI is InChI=1S/C24H22BCl2N5O2S2/c25-18-14-29-32-22(11-20(31-24(18)32)17-6-1-2-7-19(17)26)28-12-15-4-3-5-16(10-15)13-30-36(33,34)23-9-8-21(27)35-23/h1-8,10-11,14,23,28,30H,9,12-13,25H2. The smallest absolute Gasteiger partial charge is 0.224 e. The quantitative estimate of drug-likeness (QED) is 0.320. The Morgan fingerprint density at radius 3 is 2.61 bits per heavy atom. The Morgan fingerprint density at radius 1 is 1.08 bits per heavy atom. The summed E-state index contributed by atoms with van der Waals surface area (Å²) in [5, 5.41) is 8.55. The predicted octanol–water partition coefficient (Wildman–Crippen LogP) is 3.88. The van der Waals surface area contributed by atoms with Crippen LogP contribution in [0.1, 0.15) is 17.5 Å². The zero-order valence-corrected chi connectivity index (χ0v) is 22.4. The first-order valence-corrected chi connectivity index (χ1v) is 14.4. The molecule has 4 aromatic rings. The summed E-state index contributed by atoms with van der Waals surface area (Å²) < 4.78 is 29.6. The fourth-order valence-corrected chi connectivity index (χ4v) is 7.29. The van der Waals surface area contributed by atoms with Crippen molar-refractivity contribution in [3.8, 4) is 11.3 Å². The molecule has 0 bridgehead atoms. The van der Waals surface area contributed by atoms with E-state index in [1.54, 1.807) is 16.8 Å². The lowest BCUT2D eigenvalue weighted by Gasteiger charge is -2.14. The molecule has 2 N–H and O–H groups in total. The number of sulfonamides is 1. The lowest BCUT2D eigenvalue weighted by molar-refractivity contribution is 0.578. The fourth-order valence-electron chi connectivity index (χ4n) is 3.93. The van der Waals surface area contributed by atoms with Gasteiger partial charge in [0, 0.05) is 35.9 Å². The summed E-state index contributed by atoms with van der Waals surface area (Å²) in [6.07, 6.45) is 3.92. The van der Waals surface area contributed by atoms with E-state index in [4.69, 9.17) is 28.2 Å². The summed E-state index contributed by atoms with van der Waals surface area (Å²) in [5.41, 5.74) is 5.17. The molecule has 2 aromatic carbocycles. The Labute approximate surface area is 224 Å². The number of halogens is 2. The van der Waals surface area contributed by atoms with Crippen molar-refractivity contribution in [2.24, 2.45) is 0 Å². The van der Waals surface area contributed by atoms with Gasteiger partial charge in [-0.15, -0.1) is 0 Å². The van der Waals surface area contributed by atoms with Crippen LogP contribution in [0.5, 0.6) is 0 Å². The number of hydrogen-bond donors (Lipinski definition) is 2. The molecule has 2 aromatic heterocycles. The van der Waals surface area contributed by atoms with E-state index in [1.807, 2.05) is 62.4 Å². The molecule has 0 saturated heterocycles. The molecule has 0 amide bonds. The molecule has 0 saturated carbocycles. The molecule has 1 unspecified atom stereocenters. The monoisotopic (exact) mass is 557 g/mol. The van der Waals surface area contributed by atoms with Gasteiger partial charge in [0.25, 0.3) is 0 Å². The molecule has 1 aliphatic rings. The number of anilines is 1. The van der Waals surface area contributed by atoms with Gasteiger partial charge < -0.3 is 5.32 Å². The minimum atomic E-state index is -3.48. The van der Waals surface area contributed by atoms with E-state index in [2.05, 4.69) is 15.1 Å². The molecule has 0 aliphatic carbocycles. The highest BCUT2D eigenvalue weighted by Gasteiger charge is 2.29. The van der Waals surface area contributed by atoms with Gasteiger partial charge in [-0.3, -0.25) is 0 Å². The van der Waals surface area contributed by atoms with Gasteiger partial charge in [-0.25, -0.2) is 18.1 Å². The van der Waals surface area contributed by atoms with Crippen LogP contribution in [0.25, 0.3) is 16.9 Å². The molecule has 1 atom stereocenters. The molecule has 7 nitrogen and oxygen atoms in total. The zero-order valence-electron chi connectivity index (χ0n) is 19.3. The third kappa shape index (κ3) is 5.43. The Hall–Kier alpha value is -2.50. The highest BCUT2D eigenvalue weighted by Crippen LogP contribution is 2.37. The fraction of sp³-hybridized carbons (Fsp3) is 0.167. The van der Waals surface area contributed by atoms with Crippen molar-refractivity contribution in [1.82, 2.24) is 19.3 Å². The van der Waals surface area contributed by atoms with Crippen LogP contribution in [0, 0.1) is 0 Å². The number of rotatable bonds is 8. The van der Waals surface area contributed by atoms with E-state index in [-0.39, 0.29) is 6.54 Å². The van der Waals surface area contributed by atoms with Crippen LogP contribution in [-0.2, 0) is 23.1 Å². The van der Waals surface area contributed by atoms with Crippen molar-refractivity contribution in [3.05, 3.63) is 87.4 Å². The average Bonchev–Trinajstić information content (AvgIpc) is 3.48. The first-order valence-electron chi connectivity index (χ1n) is 11.2. The number of fused-ring (bicyclic) bond motifs is 1. The van der Waals surface area contributed by atoms with Gasteiger partial charge in [0.15, 0.2) is 5.65 Å². The zero-order chi connectivity index (χ0) is 25.3. The first kappa shape index (κ1) is 25.2. The minimum absolute atomic E-state index is 0.208. The average molecular weight is 558 g/mol. The second kappa shape index (κ2) is 10.5. The van der Waals surface area contributed by atoms with Crippen LogP contribution in [0.2, 0.25) is 5.02 Å². The molecule has 36 heavy (non-hydrogen) atoms. The molecule has 184 valence electrons. The van der Waals surface area contributed by atoms with Gasteiger partial charge in [-0.05, 0) is 29.1 Å². The molecular weight excluding hydrogens is 536 g/mol. The third-order valence-corrected chi connectivity index (χ3v) is 9.88. The van der Waals surface area contributed by atoms with E-state index < -0.39 is 14.6 Å². The van der Waals surface area contributed by atoms with E-state index >= 15 is 0 Å². The van der Waals surface area contributed by atoms with Gasteiger partial charge in [0.1, 0.15) is 18.2 Å². The molecular formula is C24H22BCl2N5O2S2. The molecule has 3 heterocycles. The molecule has 5 rings (SSSR count). The Bertz CT molecular complexity index is 1580. The summed E-state index contributed by atoms with van der Waals surface area (Å²) >= 11 is 13.5. The molecule has 0 spiro atoms. The number of benzene rings is 2. The maximum Gasteiger partial charge on any atom is 0.224 e. The van der Waals surface area contributed by atoms with E-state index in [0.29, 0.717) is 22.4 Å². The SMILES string of the molecule is Bc1cnn2c(NCc3cccc(CNS(=O)(=O)C4CC=C(Cl)S4)c3)cc(-c3ccccc3Cl)nc12. The number of aromatic nitrogens is 3. The number of hydrogen-bond acceptors (Lipinski definition) is 6. The van der Waals surface area contributed by atoms with Gasteiger partial charge in [0.2, 0.25) is 10.0 Å². The lowest BCUT2D eigenvalue weighted by Crippen LogP contribution is -2.30. The van der Waals surface area contributed by atoms with Crippen molar-refractivity contribution in [1.29, 1.82) is 0 Å². The third-order valence-electron chi connectivity index (χ3n) is 5.80. The summed E-state index contributed by atoms with van der Waals surface area (Å²) in [6.45, 7) is 0.720.